The van der Waals surface area contributed by atoms with Crippen LogP contribution in [0.15, 0.2) is 18.2 Å². The second-order valence-electron chi connectivity index (χ2n) is 6.98. The summed E-state index contributed by atoms with van der Waals surface area (Å²) in [6, 6.07) is 5.94. The van der Waals surface area contributed by atoms with Crippen LogP contribution in [-0.2, 0) is 22.4 Å². The Morgan fingerprint density at radius 1 is 1.29 bits per heavy atom. The van der Waals surface area contributed by atoms with E-state index in [-0.39, 0.29) is 22.9 Å². The van der Waals surface area contributed by atoms with Crippen molar-refractivity contribution in [2.24, 2.45) is 0 Å². The van der Waals surface area contributed by atoms with E-state index in [2.05, 4.69) is 9.88 Å². The van der Waals surface area contributed by atoms with E-state index < -0.39 is 0 Å². The summed E-state index contributed by atoms with van der Waals surface area (Å²) in [5, 5.41) is 0.805. The molecule has 0 atom stereocenters. The first-order valence-corrected chi connectivity index (χ1v) is 10.3. The highest BCUT2D eigenvalue weighted by molar-refractivity contribution is 8.14. The van der Waals surface area contributed by atoms with Gasteiger partial charge in [-0.3, -0.25) is 14.5 Å². The van der Waals surface area contributed by atoms with Gasteiger partial charge in [0.25, 0.3) is 5.24 Å². The van der Waals surface area contributed by atoms with Gasteiger partial charge in [0.05, 0.1) is 12.4 Å². The first kappa shape index (κ1) is 20.4. The molecule has 0 bridgehead atoms. The van der Waals surface area contributed by atoms with E-state index in [1.54, 1.807) is 6.92 Å². The molecule has 3 rings (SSSR count). The maximum Gasteiger partial charge on any atom is 0.355 e. The number of aromatic amines is 1. The SMILES string of the molecule is CCOC(=O)c1[nH]c2ccc(CCN3C(=O)CSC3=O)cc2c1CCN(C)C. The van der Waals surface area contributed by atoms with Crippen molar-refractivity contribution in [1.29, 1.82) is 0 Å². The molecular weight excluding hydrogens is 378 g/mol. The van der Waals surface area contributed by atoms with Gasteiger partial charge in [-0.2, -0.15) is 0 Å². The Morgan fingerprint density at radius 2 is 2.07 bits per heavy atom. The Balaban J connectivity index is 1.88. The topological polar surface area (TPSA) is 82.7 Å². The highest BCUT2D eigenvalue weighted by Gasteiger charge is 2.29. The number of aromatic nitrogens is 1. The monoisotopic (exact) mass is 403 g/mol. The molecule has 0 radical (unpaired) electrons. The number of thioether (sulfide) groups is 1. The van der Waals surface area contributed by atoms with Gasteiger partial charge in [-0.1, -0.05) is 17.8 Å². The van der Waals surface area contributed by atoms with Gasteiger partial charge < -0.3 is 14.6 Å². The number of benzene rings is 1. The smallest absolute Gasteiger partial charge is 0.355 e. The van der Waals surface area contributed by atoms with Crippen LogP contribution in [-0.4, -0.2) is 71.4 Å². The highest BCUT2D eigenvalue weighted by atomic mass is 32.2. The first-order chi connectivity index (χ1) is 13.4. The van der Waals surface area contributed by atoms with E-state index >= 15 is 0 Å². The largest absolute Gasteiger partial charge is 0.461 e. The lowest BCUT2D eigenvalue weighted by Crippen LogP contribution is -2.30. The van der Waals surface area contributed by atoms with Gasteiger partial charge in [0, 0.05) is 24.0 Å². The normalized spacial score (nSPS) is 14.5. The standard InChI is InChI=1S/C20H25N3O4S/c1-4-27-19(25)18-14(8-9-22(2)3)15-11-13(5-6-16(15)21-18)7-10-23-17(24)12-28-20(23)26/h5-6,11,21H,4,7-10,12H2,1-3H3. The summed E-state index contributed by atoms with van der Waals surface area (Å²) >= 11 is 1.05. The van der Waals surface area contributed by atoms with Gasteiger partial charge in [0.2, 0.25) is 5.91 Å². The molecule has 1 saturated heterocycles. The molecule has 0 saturated carbocycles. The predicted octanol–water partition coefficient (Wildman–Crippen LogP) is 2.69. The lowest BCUT2D eigenvalue weighted by Gasteiger charge is -2.13. The van der Waals surface area contributed by atoms with Gasteiger partial charge in [-0.15, -0.1) is 0 Å². The van der Waals surface area contributed by atoms with Crippen molar-refractivity contribution in [3.8, 4) is 0 Å². The van der Waals surface area contributed by atoms with Gasteiger partial charge in [0.1, 0.15) is 5.69 Å². The molecule has 1 N–H and O–H groups in total. The molecule has 1 aromatic heterocycles. The number of esters is 1. The minimum Gasteiger partial charge on any atom is -0.461 e. The van der Waals surface area contributed by atoms with Crippen LogP contribution < -0.4 is 0 Å². The molecule has 1 aromatic carbocycles. The Labute approximate surface area is 168 Å². The Bertz CT molecular complexity index is 890. The number of H-pyrrole nitrogens is 1. The molecule has 7 nitrogen and oxygen atoms in total. The first-order valence-electron chi connectivity index (χ1n) is 9.33. The third kappa shape index (κ3) is 4.39. The van der Waals surface area contributed by atoms with E-state index in [0.717, 1.165) is 40.3 Å². The minimum absolute atomic E-state index is 0.131. The van der Waals surface area contributed by atoms with Crippen LogP contribution in [0.1, 0.15) is 28.5 Å². The number of likely N-dealkylation sites (N-methyl/N-ethyl adjacent to an activating group) is 1. The quantitative estimate of drug-likeness (QED) is 0.683. The minimum atomic E-state index is -0.348. The van der Waals surface area contributed by atoms with Crippen molar-refractivity contribution in [3.63, 3.8) is 0 Å². The molecule has 1 fully saturated rings. The molecule has 28 heavy (non-hydrogen) atoms. The molecule has 1 aliphatic rings. The lowest BCUT2D eigenvalue weighted by atomic mass is 10.0. The number of fused-ring (bicyclic) bond motifs is 1. The van der Waals surface area contributed by atoms with Gasteiger partial charge in [-0.25, -0.2) is 4.79 Å². The molecular formula is C20H25N3O4S. The highest BCUT2D eigenvalue weighted by Crippen LogP contribution is 2.26. The third-order valence-electron chi connectivity index (χ3n) is 4.72. The van der Waals surface area contributed by atoms with Crippen LogP contribution >= 0.6 is 11.8 Å². The summed E-state index contributed by atoms with van der Waals surface area (Å²) < 4.78 is 5.21. The molecule has 150 valence electrons. The number of carbonyl (C=O) groups excluding carboxylic acids is 3. The second-order valence-corrected chi connectivity index (χ2v) is 7.91. The van der Waals surface area contributed by atoms with E-state index in [1.165, 1.54) is 4.90 Å². The fourth-order valence-corrected chi connectivity index (χ4v) is 4.01. The number of hydrogen-bond donors (Lipinski definition) is 1. The number of hydrogen-bond acceptors (Lipinski definition) is 6. The molecule has 2 aromatic rings. The zero-order valence-electron chi connectivity index (χ0n) is 16.4. The van der Waals surface area contributed by atoms with Crippen molar-refractivity contribution >= 4 is 39.8 Å². The van der Waals surface area contributed by atoms with E-state index in [4.69, 9.17) is 4.74 Å². The zero-order valence-corrected chi connectivity index (χ0v) is 17.2. The summed E-state index contributed by atoms with van der Waals surface area (Å²) in [5.74, 6) is -0.249. The van der Waals surface area contributed by atoms with Gasteiger partial charge >= 0.3 is 5.97 Å². The summed E-state index contributed by atoms with van der Waals surface area (Å²) in [5.41, 5.74) is 3.33. The summed E-state index contributed by atoms with van der Waals surface area (Å²) in [7, 11) is 3.98. The molecule has 0 spiro atoms. The maximum absolute atomic E-state index is 12.4. The van der Waals surface area contributed by atoms with Crippen LogP contribution in [0.2, 0.25) is 0 Å². The molecule has 8 heteroatoms. The molecule has 2 heterocycles. The number of ether oxygens (including phenoxy) is 1. The van der Waals surface area contributed by atoms with Gasteiger partial charge in [-0.05, 0) is 57.1 Å². The molecule has 0 unspecified atom stereocenters. The third-order valence-corrected chi connectivity index (χ3v) is 5.58. The summed E-state index contributed by atoms with van der Waals surface area (Å²) in [4.78, 5) is 42.5. The average Bonchev–Trinajstić information content (AvgIpc) is 3.18. The average molecular weight is 404 g/mol. The zero-order chi connectivity index (χ0) is 20.3. The van der Waals surface area contributed by atoms with Crippen LogP contribution in [0.5, 0.6) is 0 Å². The Morgan fingerprint density at radius 3 is 2.71 bits per heavy atom. The van der Waals surface area contributed by atoms with Crippen LogP contribution in [0.4, 0.5) is 4.79 Å². The summed E-state index contributed by atoms with van der Waals surface area (Å²) in [6.45, 7) is 3.29. The molecule has 0 aliphatic carbocycles. The number of nitrogens with one attached hydrogen (secondary N) is 1. The maximum atomic E-state index is 12.4. The fourth-order valence-electron chi connectivity index (χ4n) is 3.26. The number of rotatable bonds is 8. The fraction of sp³-hybridized carbons (Fsp3) is 0.450. The molecule has 1 aliphatic heterocycles. The number of imide groups is 1. The van der Waals surface area contributed by atoms with Crippen molar-refractivity contribution in [2.75, 3.05) is 39.5 Å². The van der Waals surface area contributed by atoms with Crippen LogP contribution in [0, 0.1) is 0 Å². The van der Waals surface area contributed by atoms with Gasteiger partial charge in [0.15, 0.2) is 0 Å². The summed E-state index contributed by atoms with van der Waals surface area (Å²) in [6.07, 6.45) is 1.30. The van der Waals surface area contributed by atoms with Crippen molar-refractivity contribution in [1.82, 2.24) is 14.8 Å². The lowest BCUT2D eigenvalue weighted by molar-refractivity contribution is -0.124. The van der Waals surface area contributed by atoms with E-state index in [9.17, 15) is 14.4 Å². The number of carbonyl (C=O) groups is 3. The van der Waals surface area contributed by atoms with Crippen LogP contribution in [0.25, 0.3) is 10.9 Å². The van der Waals surface area contributed by atoms with Crippen molar-refractivity contribution in [2.45, 2.75) is 19.8 Å². The number of amides is 2. The second kappa shape index (κ2) is 8.79. The van der Waals surface area contributed by atoms with Crippen molar-refractivity contribution < 1.29 is 19.1 Å². The van der Waals surface area contributed by atoms with Crippen molar-refractivity contribution in [3.05, 3.63) is 35.0 Å². The molecule has 2 amide bonds. The number of nitrogens with zero attached hydrogens (tertiary/aromatic N) is 2. The van der Waals surface area contributed by atoms with E-state index in [0.29, 0.717) is 31.7 Å². The predicted molar refractivity (Wildman–Crippen MR) is 110 cm³/mol. The Hall–Kier alpha value is -2.32. The Kier molecular flexibility index (Phi) is 6.41. The van der Waals surface area contributed by atoms with Crippen LogP contribution in [0.3, 0.4) is 0 Å². The van der Waals surface area contributed by atoms with E-state index in [1.807, 2.05) is 32.3 Å².